The second-order valence-corrected chi connectivity index (χ2v) is 3.92. The van der Waals surface area contributed by atoms with E-state index in [0.717, 1.165) is 4.90 Å². The summed E-state index contributed by atoms with van der Waals surface area (Å²) in [6.07, 6.45) is 0.0690. The molecule has 88 valence electrons. The maximum Gasteiger partial charge on any atom is 0.326 e. The molecule has 0 radical (unpaired) electrons. The monoisotopic (exact) mass is 233 g/mol. The normalized spacial score (nSPS) is 16.6. The lowest BCUT2D eigenvalue weighted by Crippen LogP contribution is -2.50. The van der Waals surface area contributed by atoms with Gasteiger partial charge in [-0.3, -0.25) is 14.5 Å². The van der Waals surface area contributed by atoms with Crippen LogP contribution in [-0.2, 0) is 16.0 Å². The number of carboxylic acid groups (broad SMARTS) is 1. The van der Waals surface area contributed by atoms with Crippen molar-refractivity contribution < 1.29 is 19.5 Å². The van der Waals surface area contributed by atoms with Gasteiger partial charge in [0, 0.05) is 5.56 Å². The van der Waals surface area contributed by atoms with Gasteiger partial charge in [-0.1, -0.05) is 18.2 Å². The first-order chi connectivity index (χ1) is 8.02. The van der Waals surface area contributed by atoms with Gasteiger partial charge in [0.2, 0.25) is 5.91 Å². The summed E-state index contributed by atoms with van der Waals surface area (Å²) in [5, 5.41) is 8.87. The number of nitrogens with zero attached hydrogens (tertiary/aromatic N) is 1. The fourth-order valence-electron chi connectivity index (χ4n) is 1.88. The lowest BCUT2D eigenvalue weighted by atomic mass is 9.97. The van der Waals surface area contributed by atoms with Gasteiger partial charge in [0.1, 0.15) is 6.04 Å². The van der Waals surface area contributed by atoms with Crippen molar-refractivity contribution in [2.45, 2.75) is 19.4 Å². The lowest BCUT2D eigenvalue weighted by molar-refractivity contribution is -0.147. The van der Waals surface area contributed by atoms with E-state index in [1.807, 2.05) is 0 Å². The smallest absolute Gasteiger partial charge is 0.326 e. The zero-order valence-electron chi connectivity index (χ0n) is 9.21. The molecule has 0 aromatic heterocycles. The molecule has 0 aliphatic carbocycles. The Kier molecular flexibility index (Phi) is 2.67. The number of carboxylic acids is 1. The molecule has 1 aliphatic heterocycles. The number of hydrogen-bond donors (Lipinski definition) is 1. The number of benzene rings is 1. The van der Waals surface area contributed by atoms with Crippen molar-refractivity contribution in [1.82, 2.24) is 4.90 Å². The third-order valence-electron chi connectivity index (χ3n) is 2.82. The van der Waals surface area contributed by atoms with E-state index < -0.39 is 23.8 Å². The van der Waals surface area contributed by atoms with E-state index in [-0.39, 0.29) is 6.42 Å². The number of aliphatic carboxylic acids is 1. The van der Waals surface area contributed by atoms with Gasteiger partial charge in [0.15, 0.2) is 0 Å². The molecular formula is C12H11NO4. The Hall–Kier alpha value is -2.17. The molecule has 1 aliphatic rings. The minimum Gasteiger partial charge on any atom is -0.480 e. The van der Waals surface area contributed by atoms with Crippen LogP contribution in [0.3, 0.4) is 0 Å². The van der Waals surface area contributed by atoms with Crippen LogP contribution in [0.15, 0.2) is 24.3 Å². The van der Waals surface area contributed by atoms with Gasteiger partial charge < -0.3 is 5.11 Å². The Morgan fingerprint density at radius 1 is 1.35 bits per heavy atom. The Balaban J connectivity index is 2.43. The summed E-state index contributed by atoms with van der Waals surface area (Å²) < 4.78 is 0. The van der Waals surface area contributed by atoms with Crippen LogP contribution in [0.4, 0.5) is 0 Å². The maximum absolute atomic E-state index is 12.0. The Bertz CT molecular complexity index is 509. The molecule has 0 saturated carbocycles. The molecule has 1 atom stereocenters. The van der Waals surface area contributed by atoms with Crippen molar-refractivity contribution in [1.29, 1.82) is 0 Å². The van der Waals surface area contributed by atoms with Gasteiger partial charge in [-0.2, -0.15) is 0 Å². The van der Waals surface area contributed by atoms with E-state index in [1.165, 1.54) is 6.92 Å². The molecule has 1 N–H and O–H groups in total. The Labute approximate surface area is 97.7 Å². The van der Waals surface area contributed by atoms with Gasteiger partial charge in [-0.05, 0) is 18.6 Å². The largest absolute Gasteiger partial charge is 0.480 e. The summed E-state index contributed by atoms with van der Waals surface area (Å²) in [6, 6.07) is 5.61. The van der Waals surface area contributed by atoms with Crippen LogP contribution >= 0.6 is 0 Å². The SMILES string of the molecule is CC(C(=O)O)N1C(=O)Cc2ccccc2C1=O. The van der Waals surface area contributed by atoms with Crippen LogP contribution in [0.5, 0.6) is 0 Å². The van der Waals surface area contributed by atoms with E-state index in [2.05, 4.69) is 0 Å². The van der Waals surface area contributed by atoms with Gasteiger partial charge >= 0.3 is 5.97 Å². The summed E-state index contributed by atoms with van der Waals surface area (Å²) >= 11 is 0. The zero-order valence-corrected chi connectivity index (χ0v) is 9.21. The Morgan fingerprint density at radius 3 is 2.65 bits per heavy atom. The van der Waals surface area contributed by atoms with Crippen LogP contribution in [0.1, 0.15) is 22.8 Å². The van der Waals surface area contributed by atoms with E-state index in [1.54, 1.807) is 24.3 Å². The number of rotatable bonds is 2. The third kappa shape index (κ3) is 1.80. The summed E-state index contributed by atoms with van der Waals surface area (Å²) in [7, 11) is 0. The molecule has 5 heteroatoms. The molecule has 5 nitrogen and oxygen atoms in total. The number of amides is 2. The molecule has 17 heavy (non-hydrogen) atoms. The fourth-order valence-corrected chi connectivity index (χ4v) is 1.88. The third-order valence-corrected chi connectivity index (χ3v) is 2.82. The van der Waals surface area contributed by atoms with Crippen molar-refractivity contribution in [3.05, 3.63) is 35.4 Å². The van der Waals surface area contributed by atoms with Crippen LogP contribution in [0.25, 0.3) is 0 Å². The standard InChI is InChI=1S/C12H11NO4/c1-7(12(16)17)13-10(14)6-8-4-2-3-5-9(8)11(13)15/h2-5,7H,6H2,1H3,(H,16,17). The number of carbonyl (C=O) groups is 3. The minimum atomic E-state index is -1.19. The molecule has 0 bridgehead atoms. The second kappa shape index (κ2) is 4.01. The topological polar surface area (TPSA) is 74.7 Å². The van der Waals surface area contributed by atoms with E-state index in [9.17, 15) is 14.4 Å². The van der Waals surface area contributed by atoms with Gasteiger partial charge in [0.25, 0.3) is 5.91 Å². The quantitative estimate of drug-likeness (QED) is 0.762. The van der Waals surface area contributed by atoms with Crippen LogP contribution in [-0.4, -0.2) is 33.8 Å². The summed E-state index contributed by atoms with van der Waals surface area (Å²) in [5.74, 6) is -2.19. The molecule has 1 aromatic rings. The lowest BCUT2D eigenvalue weighted by Gasteiger charge is -2.29. The highest BCUT2D eigenvalue weighted by Gasteiger charge is 2.36. The summed E-state index contributed by atoms with van der Waals surface area (Å²) in [6.45, 7) is 1.33. The van der Waals surface area contributed by atoms with Crippen molar-refractivity contribution in [3.8, 4) is 0 Å². The predicted molar refractivity (Wildman–Crippen MR) is 58.4 cm³/mol. The number of imide groups is 1. The first-order valence-electron chi connectivity index (χ1n) is 5.19. The molecule has 1 heterocycles. The first-order valence-corrected chi connectivity index (χ1v) is 5.19. The molecule has 2 amide bonds. The van der Waals surface area contributed by atoms with E-state index >= 15 is 0 Å². The van der Waals surface area contributed by atoms with Gasteiger partial charge in [-0.15, -0.1) is 0 Å². The van der Waals surface area contributed by atoms with E-state index in [4.69, 9.17) is 5.11 Å². The molecule has 0 fully saturated rings. The molecule has 0 saturated heterocycles. The average Bonchev–Trinajstić information content (AvgIpc) is 2.28. The van der Waals surface area contributed by atoms with Crippen molar-refractivity contribution >= 4 is 17.8 Å². The minimum absolute atomic E-state index is 0.0690. The Morgan fingerprint density at radius 2 is 2.00 bits per heavy atom. The number of hydrogen-bond acceptors (Lipinski definition) is 3. The van der Waals surface area contributed by atoms with Crippen LogP contribution < -0.4 is 0 Å². The number of carbonyl (C=O) groups excluding carboxylic acids is 2. The average molecular weight is 233 g/mol. The molecule has 1 unspecified atom stereocenters. The molecule has 2 rings (SSSR count). The maximum atomic E-state index is 12.0. The highest BCUT2D eigenvalue weighted by Crippen LogP contribution is 2.21. The highest BCUT2D eigenvalue weighted by molar-refractivity contribution is 6.11. The second-order valence-electron chi connectivity index (χ2n) is 3.92. The first kappa shape index (κ1) is 11.3. The van der Waals surface area contributed by atoms with Crippen LogP contribution in [0.2, 0.25) is 0 Å². The summed E-state index contributed by atoms with van der Waals surface area (Å²) in [5.41, 5.74) is 1.05. The zero-order chi connectivity index (χ0) is 12.6. The highest BCUT2D eigenvalue weighted by atomic mass is 16.4. The molecule has 1 aromatic carbocycles. The van der Waals surface area contributed by atoms with Gasteiger partial charge in [0.05, 0.1) is 6.42 Å². The number of fused-ring (bicyclic) bond motifs is 1. The predicted octanol–water partition coefficient (Wildman–Crippen LogP) is 0.685. The van der Waals surface area contributed by atoms with E-state index in [0.29, 0.717) is 11.1 Å². The van der Waals surface area contributed by atoms with Crippen molar-refractivity contribution in [3.63, 3.8) is 0 Å². The van der Waals surface area contributed by atoms with Crippen molar-refractivity contribution in [2.24, 2.45) is 0 Å². The molecular weight excluding hydrogens is 222 g/mol. The van der Waals surface area contributed by atoms with Crippen LogP contribution in [0, 0.1) is 0 Å². The van der Waals surface area contributed by atoms with Gasteiger partial charge in [-0.25, -0.2) is 4.79 Å². The fraction of sp³-hybridized carbons (Fsp3) is 0.250. The summed E-state index contributed by atoms with van der Waals surface area (Å²) in [4.78, 5) is 35.4. The van der Waals surface area contributed by atoms with Crippen molar-refractivity contribution in [2.75, 3.05) is 0 Å². The molecule has 0 spiro atoms.